The number of carbonyl (C=O) groups excluding carboxylic acids is 1. The Morgan fingerprint density at radius 1 is 0.970 bits per heavy atom. The molecule has 1 fully saturated rings. The van der Waals surface area contributed by atoms with Crippen LogP contribution in [0.15, 0.2) is 88.1 Å². The van der Waals surface area contributed by atoms with Crippen molar-refractivity contribution < 1.29 is 9.21 Å². The van der Waals surface area contributed by atoms with Gasteiger partial charge in [0.2, 0.25) is 0 Å². The zero-order valence-corrected chi connectivity index (χ0v) is 18.6. The normalized spacial score (nSPS) is 16.0. The molecule has 1 unspecified atom stereocenters. The molecular formula is C28H26N2O3. The molecule has 0 spiro atoms. The number of para-hydroxylation sites is 1. The second-order valence-corrected chi connectivity index (χ2v) is 8.60. The summed E-state index contributed by atoms with van der Waals surface area (Å²) >= 11 is 0. The van der Waals surface area contributed by atoms with Gasteiger partial charge >= 0.3 is 5.63 Å². The maximum absolute atomic E-state index is 12.7. The summed E-state index contributed by atoms with van der Waals surface area (Å²) in [5, 5.41) is 3.81. The molecule has 1 aromatic heterocycles. The lowest BCUT2D eigenvalue weighted by Gasteiger charge is -2.35. The minimum absolute atomic E-state index is 0.189. The van der Waals surface area contributed by atoms with Crippen LogP contribution in [0.25, 0.3) is 22.1 Å². The third-order valence-electron chi connectivity index (χ3n) is 6.36. The topological polar surface area (TPSA) is 62.6 Å². The SMILES string of the molecule is CC1CCCCN1c1ccc(NC(=O)c2ccc(-c3cc4ccccc4oc3=O)cc2)cc1. The first kappa shape index (κ1) is 21.0. The highest BCUT2D eigenvalue weighted by Crippen LogP contribution is 2.26. The standard InChI is InChI=1S/C28H26N2O3/c1-19-6-4-5-17-30(19)24-15-13-23(14-16-24)29-27(31)21-11-9-20(10-12-21)25-18-22-7-2-3-8-26(22)33-28(25)32/h2-3,7-16,18-19H,4-6,17H2,1H3,(H,29,31). The average Bonchev–Trinajstić information content (AvgIpc) is 2.84. The zero-order valence-electron chi connectivity index (χ0n) is 18.6. The van der Waals surface area contributed by atoms with Gasteiger partial charge in [0.05, 0.1) is 5.56 Å². The number of benzene rings is 3. The summed E-state index contributed by atoms with van der Waals surface area (Å²) in [6.07, 6.45) is 3.73. The minimum Gasteiger partial charge on any atom is -0.422 e. The molecule has 5 rings (SSSR count). The van der Waals surface area contributed by atoms with Crippen LogP contribution >= 0.6 is 0 Å². The van der Waals surface area contributed by atoms with Gasteiger partial charge in [-0.15, -0.1) is 0 Å². The van der Waals surface area contributed by atoms with Crippen LogP contribution in [0.3, 0.4) is 0 Å². The fraction of sp³-hybridized carbons (Fsp3) is 0.214. The predicted molar refractivity (Wildman–Crippen MR) is 133 cm³/mol. The fourth-order valence-corrected chi connectivity index (χ4v) is 4.49. The molecule has 1 aliphatic rings. The molecule has 0 aliphatic carbocycles. The molecule has 5 heteroatoms. The highest BCUT2D eigenvalue weighted by Gasteiger charge is 2.18. The van der Waals surface area contributed by atoms with E-state index in [4.69, 9.17) is 4.42 Å². The second kappa shape index (κ2) is 8.94. The number of rotatable bonds is 4. The van der Waals surface area contributed by atoms with Gasteiger partial charge in [0.25, 0.3) is 5.91 Å². The van der Waals surface area contributed by atoms with Gasteiger partial charge in [0.15, 0.2) is 0 Å². The van der Waals surface area contributed by atoms with Gasteiger partial charge in [-0.1, -0.05) is 30.3 Å². The Morgan fingerprint density at radius 3 is 2.48 bits per heavy atom. The number of fused-ring (bicyclic) bond motifs is 1. The van der Waals surface area contributed by atoms with E-state index in [9.17, 15) is 9.59 Å². The molecule has 0 radical (unpaired) electrons. The first-order valence-corrected chi connectivity index (χ1v) is 11.4. The van der Waals surface area contributed by atoms with E-state index in [-0.39, 0.29) is 5.91 Å². The van der Waals surface area contributed by atoms with Crippen molar-refractivity contribution in [3.05, 3.63) is 94.8 Å². The van der Waals surface area contributed by atoms with Gasteiger partial charge in [-0.25, -0.2) is 4.79 Å². The Morgan fingerprint density at radius 2 is 1.73 bits per heavy atom. The Bertz CT molecular complexity index is 1340. The first-order chi connectivity index (χ1) is 16.1. The van der Waals surface area contributed by atoms with E-state index >= 15 is 0 Å². The van der Waals surface area contributed by atoms with Gasteiger partial charge in [-0.3, -0.25) is 4.79 Å². The lowest BCUT2D eigenvalue weighted by molar-refractivity contribution is 0.102. The molecule has 3 aromatic carbocycles. The molecule has 1 aliphatic heterocycles. The van der Waals surface area contributed by atoms with Gasteiger partial charge in [0, 0.05) is 34.9 Å². The van der Waals surface area contributed by atoms with Gasteiger partial charge < -0.3 is 14.6 Å². The quantitative estimate of drug-likeness (QED) is 0.392. The number of piperidine rings is 1. The third-order valence-corrected chi connectivity index (χ3v) is 6.36. The lowest BCUT2D eigenvalue weighted by Crippen LogP contribution is -2.37. The van der Waals surface area contributed by atoms with Gasteiger partial charge in [-0.05, 0) is 80.3 Å². The van der Waals surface area contributed by atoms with Crippen LogP contribution in [0, 0.1) is 0 Å². The third kappa shape index (κ3) is 4.40. The van der Waals surface area contributed by atoms with Crippen molar-refractivity contribution in [2.75, 3.05) is 16.8 Å². The van der Waals surface area contributed by atoms with Crippen molar-refractivity contribution in [3.8, 4) is 11.1 Å². The maximum Gasteiger partial charge on any atom is 0.344 e. The van der Waals surface area contributed by atoms with E-state index in [2.05, 4.69) is 29.3 Å². The molecule has 0 saturated carbocycles. The van der Waals surface area contributed by atoms with Gasteiger partial charge in [0.1, 0.15) is 5.58 Å². The Labute approximate surface area is 192 Å². The summed E-state index contributed by atoms with van der Waals surface area (Å²) < 4.78 is 5.43. The van der Waals surface area contributed by atoms with E-state index < -0.39 is 5.63 Å². The lowest BCUT2D eigenvalue weighted by atomic mass is 10.0. The maximum atomic E-state index is 12.7. The molecule has 33 heavy (non-hydrogen) atoms. The summed E-state index contributed by atoms with van der Waals surface area (Å²) in [6.45, 7) is 3.34. The number of carbonyl (C=O) groups is 1. The van der Waals surface area contributed by atoms with Crippen LogP contribution in [0.1, 0.15) is 36.5 Å². The van der Waals surface area contributed by atoms with E-state index in [0.29, 0.717) is 28.3 Å². The van der Waals surface area contributed by atoms with E-state index in [1.807, 2.05) is 36.4 Å². The summed E-state index contributed by atoms with van der Waals surface area (Å²) in [7, 11) is 0. The van der Waals surface area contributed by atoms with Crippen LogP contribution in [-0.4, -0.2) is 18.5 Å². The van der Waals surface area contributed by atoms with E-state index in [0.717, 1.165) is 17.6 Å². The summed E-state index contributed by atoms with van der Waals surface area (Å²) in [5.74, 6) is -0.189. The summed E-state index contributed by atoms with van der Waals surface area (Å²) in [5.41, 5.74) is 3.83. The highest BCUT2D eigenvalue weighted by atomic mass is 16.4. The largest absolute Gasteiger partial charge is 0.422 e. The molecule has 1 atom stereocenters. The molecule has 0 bridgehead atoms. The molecule has 4 aromatic rings. The number of hydrogen-bond acceptors (Lipinski definition) is 4. The fourth-order valence-electron chi connectivity index (χ4n) is 4.49. The van der Waals surface area contributed by atoms with Crippen molar-refractivity contribution in [2.45, 2.75) is 32.2 Å². The molecule has 2 heterocycles. The first-order valence-electron chi connectivity index (χ1n) is 11.4. The molecule has 1 N–H and O–H groups in total. The second-order valence-electron chi connectivity index (χ2n) is 8.60. The van der Waals surface area contributed by atoms with Crippen molar-refractivity contribution in [1.29, 1.82) is 0 Å². The smallest absolute Gasteiger partial charge is 0.344 e. The predicted octanol–water partition coefficient (Wildman–Crippen LogP) is 6.09. The van der Waals surface area contributed by atoms with Crippen molar-refractivity contribution >= 4 is 28.3 Å². The van der Waals surface area contributed by atoms with Crippen LogP contribution in [0.4, 0.5) is 11.4 Å². The number of amides is 1. The summed E-state index contributed by atoms with van der Waals surface area (Å²) in [4.78, 5) is 27.6. The number of nitrogens with one attached hydrogen (secondary N) is 1. The van der Waals surface area contributed by atoms with E-state index in [1.165, 1.54) is 24.9 Å². The van der Waals surface area contributed by atoms with Crippen LogP contribution < -0.4 is 15.8 Å². The van der Waals surface area contributed by atoms with Crippen molar-refractivity contribution in [1.82, 2.24) is 0 Å². The van der Waals surface area contributed by atoms with Crippen LogP contribution in [-0.2, 0) is 0 Å². The molecular weight excluding hydrogens is 412 g/mol. The number of anilines is 2. The summed E-state index contributed by atoms with van der Waals surface area (Å²) in [6, 6.07) is 24.8. The molecule has 166 valence electrons. The zero-order chi connectivity index (χ0) is 22.8. The van der Waals surface area contributed by atoms with Crippen LogP contribution in [0.5, 0.6) is 0 Å². The van der Waals surface area contributed by atoms with Crippen molar-refractivity contribution in [3.63, 3.8) is 0 Å². The minimum atomic E-state index is -0.394. The monoisotopic (exact) mass is 438 g/mol. The Balaban J connectivity index is 1.30. The molecule has 1 amide bonds. The van der Waals surface area contributed by atoms with E-state index in [1.54, 1.807) is 30.3 Å². The van der Waals surface area contributed by atoms with Gasteiger partial charge in [-0.2, -0.15) is 0 Å². The number of nitrogens with zero attached hydrogens (tertiary/aromatic N) is 1. The highest BCUT2D eigenvalue weighted by molar-refractivity contribution is 6.04. The van der Waals surface area contributed by atoms with Crippen molar-refractivity contribution in [2.24, 2.45) is 0 Å². The Hall–Kier alpha value is -3.86. The molecule has 1 saturated heterocycles. The average molecular weight is 439 g/mol. The van der Waals surface area contributed by atoms with Crippen LogP contribution in [0.2, 0.25) is 0 Å². The number of hydrogen-bond donors (Lipinski definition) is 1. The Kier molecular flexibility index (Phi) is 5.69. The molecule has 5 nitrogen and oxygen atoms in total.